The van der Waals surface area contributed by atoms with E-state index in [1.54, 1.807) is 6.92 Å². The highest BCUT2D eigenvalue weighted by Gasteiger charge is 2.32. The molecule has 0 aromatic heterocycles. The van der Waals surface area contributed by atoms with Crippen LogP contribution < -0.4 is 5.32 Å². The molecule has 1 aromatic carbocycles. The maximum Gasteiger partial charge on any atom is 0.238 e. The molecule has 6 heteroatoms. The maximum atomic E-state index is 12.2. The Morgan fingerprint density at radius 3 is 2.68 bits per heavy atom. The second kappa shape index (κ2) is 5.54. The minimum Gasteiger partial charge on any atom is -0.353 e. The van der Waals surface area contributed by atoms with Gasteiger partial charge in [-0.15, -0.1) is 0 Å². The van der Waals surface area contributed by atoms with Crippen LogP contribution in [-0.2, 0) is 14.8 Å². The van der Waals surface area contributed by atoms with Gasteiger partial charge >= 0.3 is 0 Å². The summed E-state index contributed by atoms with van der Waals surface area (Å²) in [5.74, 6) is -0.261. The van der Waals surface area contributed by atoms with Crippen LogP contribution in [0.15, 0.2) is 35.7 Å². The number of nitrogens with one attached hydrogen (secondary N) is 1. The van der Waals surface area contributed by atoms with E-state index in [1.807, 2.05) is 30.3 Å². The first-order valence-electron chi connectivity index (χ1n) is 6.03. The average molecular weight is 280 g/mol. The summed E-state index contributed by atoms with van der Waals surface area (Å²) in [5.41, 5.74) is 0.806. The molecule has 102 valence electrons. The monoisotopic (exact) mass is 280 g/mol. The van der Waals surface area contributed by atoms with Gasteiger partial charge in [0.2, 0.25) is 15.9 Å². The fourth-order valence-electron chi connectivity index (χ4n) is 1.92. The zero-order chi connectivity index (χ0) is 13.9. The van der Waals surface area contributed by atoms with Crippen molar-refractivity contribution >= 4 is 22.0 Å². The first-order valence-corrected chi connectivity index (χ1v) is 7.54. The molecule has 1 amide bonds. The molecule has 1 heterocycles. The molecule has 0 radical (unpaired) electrons. The number of carbonyl (C=O) groups is 1. The molecule has 0 bridgehead atoms. The predicted molar refractivity (Wildman–Crippen MR) is 73.6 cm³/mol. The van der Waals surface area contributed by atoms with E-state index in [0.717, 1.165) is 11.0 Å². The highest BCUT2D eigenvalue weighted by molar-refractivity contribution is 7.92. The predicted octanol–water partition coefficient (Wildman–Crippen LogP) is 0.807. The van der Waals surface area contributed by atoms with E-state index in [0.29, 0.717) is 13.1 Å². The number of hydrogen-bond donors (Lipinski definition) is 1. The van der Waals surface area contributed by atoms with Crippen LogP contribution in [0.3, 0.4) is 0 Å². The highest BCUT2D eigenvalue weighted by Crippen LogP contribution is 2.13. The van der Waals surface area contributed by atoms with Gasteiger partial charge in [-0.05, 0) is 18.6 Å². The number of sulfonamides is 1. The lowest BCUT2D eigenvalue weighted by atomic mass is 10.2. The molecule has 1 saturated heterocycles. The fourth-order valence-corrected chi connectivity index (χ4v) is 3.28. The molecule has 1 fully saturated rings. The Hall–Kier alpha value is -1.66. The van der Waals surface area contributed by atoms with Crippen molar-refractivity contribution in [2.75, 3.05) is 13.1 Å². The van der Waals surface area contributed by atoms with Gasteiger partial charge in [-0.3, -0.25) is 4.79 Å². The topological polar surface area (TPSA) is 66.5 Å². The summed E-state index contributed by atoms with van der Waals surface area (Å²) in [6, 6.07) is 8.51. The number of piperazine rings is 1. The molecule has 19 heavy (non-hydrogen) atoms. The van der Waals surface area contributed by atoms with E-state index in [4.69, 9.17) is 0 Å². The highest BCUT2D eigenvalue weighted by atomic mass is 32.2. The molecule has 1 atom stereocenters. The van der Waals surface area contributed by atoms with Crippen LogP contribution in [0.1, 0.15) is 12.5 Å². The van der Waals surface area contributed by atoms with Crippen LogP contribution in [0.4, 0.5) is 0 Å². The molecule has 5 nitrogen and oxygen atoms in total. The van der Waals surface area contributed by atoms with E-state index in [2.05, 4.69) is 5.32 Å². The van der Waals surface area contributed by atoms with Crippen molar-refractivity contribution in [1.82, 2.24) is 9.62 Å². The maximum absolute atomic E-state index is 12.2. The molecule has 0 aliphatic carbocycles. The molecule has 1 N–H and O–H groups in total. The Morgan fingerprint density at radius 2 is 2.00 bits per heavy atom. The fraction of sp³-hybridized carbons (Fsp3) is 0.308. The van der Waals surface area contributed by atoms with Crippen LogP contribution in [-0.4, -0.2) is 37.8 Å². The molecule has 1 aliphatic rings. The molecule has 1 unspecified atom stereocenters. The first kappa shape index (κ1) is 13.8. The van der Waals surface area contributed by atoms with Gasteiger partial charge in [0.25, 0.3) is 0 Å². The lowest BCUT2D eigenvalue weighted by Gasteiger charge is -2.30. The van der Waals surface area contributed by atoms with Gasteiger partial charge in [0.1, 0.15) is 6.04 Å². The Morgan fingerprint density at radius 1 is 1.32 bits per heavy atom. The van der Waals surface area contributed by atoms with Gasteiger partial charge in [0, 0.05) is 18.5 Å². The van der Waals surface area contributed by atoms with Crippen LogP contribution in [0.25, 0.3) is 6.08 Å². The number of benzene rings is 1. The average Bonchev–Trinajstić information content (AvgIpc) is 2.41. The van der Waals surface area contributed by atoms with Crippen molar-refractivity contribution in [2.24, 2.45) is 0 Å². The third kappa shape index (κ3) is 3.21. The van der Waals surface area contributed by atoms with Crippen molar-refractivity contribution in [1.29, 1.82) is 0 Å². The second-order valence-electron chi connectivity index (χ2n) is 4.34. The Bertz CT molecular complexity index is 581. The number of nitrogens with zero attached hydrogens (tertiary/aromatic N) is 1. The summed E-state index contributed by atoms with van der Waals surface area (Å²) in [7, 11) is -3.57. The smallest absolute Gasteiger partial charge is 0.238 e. The molecular weight excluding hydrogens is 264 g/mol. The van der Waals surface area contributed by atoms with Gasteiger partial charge in [0.15, 0.2) is 0 Å². The summed E-state index contributed by atoms with van der Waals surface area (Å²) in [4.78, 5) is 11.5. The van der Waals surface area contributed by atoms with E-state index in [-0.39, 0.29) is 5.91 Å². The Kier molecular flexibility index (Phi) is 4.01. The summed E-state index contributed by atoms with van der Waals surface area (Å²) in [6.45, 7) is 2.23. The number of carbonyl (C=O) groups excluding carboxylic acids is 1. The van der Waals surface area contributed by atoms with Gasteiger partial charge in [-0.1, -0.05) is 30.3 Å². The van der Waals surface area contributed by atoms with Crippen LogP contribution in [0, 0.1) is 0 Å². The van der Waals surface area contributed by atoms with Gasteiger partial charge < -0.3 is 5.32 Å². The van der Waals surface area contributed by atoms with Gasteiger partial charge in [-0.2, -0.15) is 4.31 Å². The zero-order valence-electron chi connectivity index (χ0n) is 10.6. The largest absolute Gasteiger partial charge is 0.353 e. The quantitative estimate of drug-likeness (QED) is 0.891. The summed E-state index contributed by atoms with van der Waals surface area (Å²) < 4.78 is 25.6. The number of rotatable bonds is 3. The standard InChI is InChI=1S/C13H16N2O3S/c1-11-13(16)14-8-9-15(11)19(17,18)10-7-12-5-3-2-4-6-12/h2-7,10-11H,8-9H2,1H3,(H,14,16)/b10-7+. The molecular formula is C13H16N2O3S. The molecule has 2 rings (SSSR count). The Balaban J connectivity index is 2.18. The second-order valence-corrected chi connectivity index (χ2v) is 6.11. The number of hydrogen-bond acceptors (Lipinski definition) is 3. The van der Waals surface area contributed by atoms with E-state index < -0.39 is 16.1 Å². The van der Waals surface area contributed by atoms with Crippen molar-refractivity contribution < 1.29 is 13.2 Å². The van der Waals surface area contributed by atoms with Crippen LogP contribution >= 0.6 is 0 Å². The van der Waals surface area contributed by atoms with E-state index in [1.165, 1.54) is 10.4 Å². The summed E-state index contributed by atoms with van der Waals surface area (Å²) in [5, 5.41) is 3.79. The van der Waals surface area contributed by atoms with Gasteiger partial charge in [0.05, 0.1) is 0 Å². The third-order valence-corrected chi connectivity index (χ3v) is 4.63. The minimum atomic E-state index is -3.57. The van der Waals surface area contributed by atoms with Crippen LogP contribution in [0.2, 0.25) is 0 Å². The Labute approximate surface area is 113 Å². The normalized spacial score (nSPS) is 21.5. The first-order chi connectivity index (χ1) is 9.00. The third-order valence-electron chi connectivity index (χ3n) is 3.00. The molecule has 1 aromatic rings. The van der Waals surface area contributed by atoms with Gasteiger partial charge in [-0.25, -0.2) is 8.42 Å². The summed E-state index contributed by atoms with van der Waals surface area (Å²) in [6.07, 6.45) is 1.54. The van der Waals surface area contributed by atoms with Crippen LogP contribution in [0.5, 0.6) is 0 Å². The lowest BCUT2D eigenvalue weighted by Crippen LogP contribution is -2.55. The zero-order valence-corrected chi connectivity index (χ0v) is 11.4. The minimum absolute atomic E-state index is 0.261. The molecule has 0 saturated carbocycles. The summed E-state index contributed by atoms with van der Waals surface area (Å²) >= 11 is 0. The lowest BCUT2D eigenvalue weighted by molar-refractivity contribution is -0.126. The van der Waals surface area contributed by atoms with E-state index in [9.17, 15) is 13.2 Å². The SMILES string of the molecule is CC1C(=O)NCCN1S(=O)(=O)/C=C/c1ccccc1. The van der Waals surface area contributed by atoms with Crippen molar-refractivity contribution in [2.45, 2.75) is 13.0 Å². The molecule has 1 aliphatic heterocycles. The van der Waals surface area contributed by atoms with Crippen molar-refractivity contribution in [3.63, 3.8) is 0 Å². The van der Waals surface area contributed by atoms with E-state index >= 15 is 0 Å². The number of amides is 1. The van der Waals surface area contributed by atoms with Crippen molar-refractivity contribution in [3.05, 3.63) is 41.3 Å². The molecule has 0 spiro atoms. The van der Waals surface area contributed by atoms with Crippen molar-refractivity contribution in [3.8, 4) is 0 Å².